The maximum atomic E-state index is 12.0. The molecule has 0 aliphatic rings. The Balaban J connectivity index is 4.96. The molecule has 104 valence electrons. The maximum Gasteiger partial charge on any atom is 0.223 e. The molecule has 0 spiro atoms. The number of amides is 2. The Hall–Kier alpha value is -1.32. The van der Waals surface area contributed by atoms with Crippen molar-refractivity contribution < 1.29 is 9.59 Å². The highest BCUT2D eigenvalue weighted by Crippen LogP contribution is 2.24. The van der Waals surface area contributed by atoms with Gasteiger partial charge in [-0.05, 0) is 32.6 Å². The summed E-state index contributed by atoms with van der Waals surface area (Å²) in [5.41, 5.74) is 5.44. The maximum absolute atomic E-state index is 12.0. The van der Waals surface area contributed by atoms with Gasteiger partial charge in [-0.25, -0.2) is 0 Å². The van der Waals surface area contributed by atoms with E-state index >= 15 is 0 Å². The predicted octanol–water partition coefficient (Wildman–Crippen LogP) is 1.85. The molecule has 0 aromatic heterocycles. The lowest BCUT2D eigenvalue weighted by atomic mass is 9.82. The van der Waals surface area contributed by atoms with Gasteiger partial charge in [0.15, 0.2) is 0 Å². The van der Waals surface area contributed by atoms with E-state index in [2.05, 4.69) is 5.32 Å². The Morgan fingerprint density at radius 1 is 1.28 bits per heavy atom. The normalized spacial score (nSPS) is 14.7. The van der Waals surface area contributed by atoms with Gasteiger partial charge in [0.1, 0.15) is 0 Å². The zero-order chi connectivity index (χ0) is 14.1. The molecule has 0 unspecified atom stereocenters. The van der Waals surface area contributed by atoms with Crippen molar-refractivity contribution in [2.75, 3.05) is 6.54 Å². The van der Waals surface area contributed by atoms with Gasteiger partial charge in [0.05, 0.1) is 11.8 Å². The highest BCUT2D eigenvalue weighted by Gasteiger charge is 2.31. The second-order valence-corrected chi connectivity index (χ2v) is 4.94. The first-order valence-electron chi connectivity index (χ1n) is 6.62. The largest absolute Gasteiger partial charge is 0.369 e. The van der Waals surface area contributed by atoms with Crippen molar-refractivity contribution in [2.24, 2.45) is 23.5 Å². The number of rotatable bonds is 8. The number of nitrogens with two attached hydrogens (primary N) is 1. The molecule has 0 rings (SSSR count). The summed E-state index contributed by atoms with van der Waals surface area (Å²) in [6, 6.07) is 0. The molecule has 2 amide bonds. The quantitative estimate of drug-likeness (QED) is 0.649. The van der Waals surface area contributed by atoms with Crippen molar-refractivity contribution in [2.45, 2.75) is 40.5 Å². The van der Waals surface area contributed by atoms with E-state index in [1.54, 1.807) is 0 Å². The van der Waals surface area contributed by atoms with Crippen LogP contribution in [0.2, 0.25) is 0 Å². The van der Waals surface area contributed by atoms with Crippen LogP contribution in [0, 0.1) is 17.8 Å². The summed E-state index contributed by atoms with van der Waals surface area (Å²) in [4.78, 5) is 23.6. The molecule has 0 heterocycles. The molecule has 0 saturated heterocycles. The number of carbonyl (C=O) groups excluding carboxylic acids is 2. The SMILES string of the molecule is C/C=C/C[C@H](C(N)=O)[C@@H](CC(C)C)C(=O)NCC. The minimum atomic E-state index is -0.421. The van der Waals surface area contributed by atoms with Gasteiger partial charge < -0.3 is 11.1 Å². The Labute approximate surface area is 110 Å². The van der Waals surface area contributed by atoms with Gasteiger partial charge in [-0.15, -0.1) is 0 Å². The molecular weight excluding hydrogens is 228 g/mol. The number of primary amides is 1. The van der Waals surface area contributed by atoms with E-state index in [0.717, 1.165) is 0 Å². The van der Waals surface area contributed by atoms with Gasteiger partial charge in [0, 0.05) is 6.54 Å². The van der Waals surface area contributed by atoms with Gasteiger partial charge in [0.2, 0.25) is 11.8 Å². The van der Waals surface area contributed by atoms with E-state index in [-0.39, 0.29) is 11.8 Å². The lowest BCUT2D eigenvalue weighted by Crippen LogP contribution is -2.40. The molecule has 0 aliphatic carbocycles. The van der Waals surface area contributed by atoms with Crippen LogP contribution in [-0.4, -0.2) is 18.4 Å². The molecule has 3 N–H and O–H groups in total. The molecule has 0 aliphatic heterocycles. The van der Waals surface area contributed by atoms with Crippen LogP contribution < -0.4 is 11.1 Å². The first-order valence-corrected chi connectivity index (χ1v) is 6.62. The topological polar surface area (TPSA) is 72.2 Å². The third-order valence-corrected chi connectivity index (χ3v) is 2.89. The van der Waals surface area contributed by atoms with Gasteiger partial charge in [0.25, 0.3) is 0 Å². The van der Waals surface area contributed by atoms with Crippen LogP contribution in [0.15, 0.2) is 12.2 Å². The molecule has 18 heavy (non-hydrogen) atoms. The standard InChI is InChI=1S/C14H26N2O2/c1-5-7-8-11(13(15)17)12(9-10(3)4)14(18)16-6-2/h5,7,10-12H,6,8-9H2,1-4H3,(H2,15,17)(H,16,18)/b7-5+/t11-,12+/m0/s1. The van der Waals surface area contributed by atoms with Crippen molar-refractivity contribution in [3.05, 3.63) is 12.2 Å². The molecule has 4 nitrogen and oxygen atoms in total. The fraction of sp³-hybridized carbons (Fsp3) is 0.714. The summed E-state index contributed by atoms with van der Waals surface area (Å²) in [6.45, 7) is 8.42. The van der Waals surface area contributed by atoms with Crippen molar-refractivity contribution in [1.82, 2.24) is 5.32 Å². The third kappa shape index (κ3) is 5.84. The van der Waals surface area contributed by atoms with Crippen molar-refractivity contribution in [1.29, 1.82) is 0 Å². The van der Waals surface area contributed by atoms with Crippen molar-refractivity contribution >= 4 is 11.8 Å². The summed E-state index contributed by atoms with van der Waals surface area (Å²) in [5, 5.41) is 2.79. The zero-order valence-electron chi connectivity index (χ0n) is 11.9. The minimum Gasteiger partial charge on any atom is -0.369 e. The third-order valence-electron chi connectivity index (χ3n) is 2.89. The Morgan fingerprint density at radius 2 is 1.89 bits per heavy atom. The summed E-state index contributed by atoms with van der Waals surface area (Å²) in [7, 11) is 0. The Bertz CT molecular complexity index is 298. The summed E-state index contributed by atoms with van der Waals surface area (Å²) < 4.78 is 0. The molecule has 0 aromatic carbocycles. The number of hydrogen-bond acceptors (Lipinski definition) is 2. The number of allylic oxidation sites excluding steroid dienone is 2. The highest BCUT2D eigenvalue weighted by atomic mass is 16.2. The average Bonchev–Trinajstić information content (AvgIpc) is 2.27. The minimum absolute atomic E-state index is 0.0699. The van der Waals surface area contributed by atoms with Crippen molar-refractivity contribution in [3.8, 4) is 0 Å². The molecule has 4 heteroatoms. The molecular formula is C14H26N2O2. The lowest BCUT2D eigenvalue weighted by molar-refractivity contribution is -0.133. The molecule has 2 atom stereocenters. The molecule has 0 radical (unpaired) electrons. The predicted molar refractivity (Wildman–Crippen MR) is 73.7 cm³/mol. The van der Waals surface area contributed by atoms with E-state index in [0.29, 0.717) is 25.3 Å². The first kappa shape index (κ1) is 16.7. The Kier molecular flexibility index (Phi) is 8.08. The Morgan fingerprint density at radius 3 is 2.28 bits per heavy atom. The van der Waals surface area contributed by atoms with Gasteiger partial charge in [-0.2, -0.15) is 0 Å². The lowest BCUT2D eigenvalue weighted by Gasteiger charge is -2.24. The fourth-order valence-corrected chi connectivity index (χ4v) is 2.03. The van der Waals surface area contributed by atoms with Crippen LogP contribution in [0.4, 0.5) is 0 Å². The van der Waals surface area contributed by atoms with E-state index in [9.17, 15) is 9.59 Å². The van der Waals surface area contributed by atoms with Crippen molar-refractivity contribution in [3.63, 3.8) is 0 Å². The molecule has 0 bridgehead atoms. The number of nitrogens with one attached hydrogen (secondary N) is 1. The monoisotopic (exact) mass is 254 g/mol. The van der Waals surface area contributed by atoms with Crippen LogP contribution >= 0.6 is 0 Å². The van der Waals surface area contributed by atoms with Gasteiger partial charge in [-0.1, -0.05) is 26.0 Å². The average molecular weight is 254 g/mol. The number of carbonyl (C=O) groups is 2. The summed E-state index contributed by atoms with van der Waals surface area (Å²) in [6.07, 6.45) is 4.97. The number of hydrogen-bond donors (Lipinski definition) is 2. The summed E-state index contributed by atoms with van der Waals surface area (Å²) in [5.74, 6) is -0.872. The summed E-state index contributed by atoms with van der Waals surface area (Å²) >= 11 is 0. The molecule has 0 saturated carbocycles. The van der Waals surface area contributed by atoms with E-state index in [1.807, 2.05) is 39.8 Å². The molecule has 0 fully saturated rings. The van der Waals surface area contributed by atoms with Crippen LogP contribution in [-0.2, 0) is 9.59 Å². The molecule has 0 aromatic rings. The van der Waals surface area contributed by atoms with E-state index in [1.165, 1.54) is 0 Å². The van der Waals surface area contributed by atoms with E-state index < -0.39 is 11.8 Å². The second kappa shape index (κ2) is 8.72. The zero-order valence-corrected chi connectivity index (χ0v) is 11.9. The van der Waals surface area contributed by atoms with Crippen LogP contribution in [0.3, 0.4) is 0 Å². The van der Waals surface area contributed by atoms with E-state index in [4.69, 9.17) is 5.73 Å². The van der Waals surface area contributed by atoms with Gasteiger partial charge in [-0.3, -0.25) is 9.59 Å². The van der Waals surface area contributed by atoms with Crippen LogP contribution in [0.1, 0.15) is 40.5 Å². The van der Waals surface area contributed by atoms with Crippen LogP contribution in [0.5, 0.6) is 0 Å². The highest BCUT2D eigenvalue weighted by molar-refractivity contribution is 5.87. The van der Waals surface area contributed by atoms with Crippen LogP contribution in [0.25, 0.3) is 0 Å². The second-order valence-electron chi connectivity index (χ2n) is 4.94. The smallest absolute Gasteiger partial charge is 0.223 e. The first-order chi connectivity index (χ1) is 8.43. The van der Waals surface area contributed by atoms with Gasteiger partial charge >= 0.3 is 0 Å². The fourth-order valence-electron chi connectivity index (χ4n) is 2.03.